The Morgan fingerprint density at radius 2 is 1.74 bits per heavy atom. The van der Waals surface area contributed by atoms with Gasteiger partial charge >= 0.3 is 5.97 Å². The molecule has 1 aromatic carbocycles. The molecule has 27 heavy (non-hydrogen) atoms. The first kappa shape index (κ1) is 22.3. The molecule has 0 aromatic heterocycles. The number of methoxy groups -OCH3 is 1. The lowest BCUT2D eigenvalue weighted by atomic mass is 10.2. The summed E-state index contributed by atoms with van der Waals surface area (Å²) in [6, 6.07) is 5.94. The summed E-state index contributed by atoms with van der Waals surface area (Å²) in [5, 5.41) is 10.7. The first-order valence-corrected chi connectivity index (χ1v) is 8.91. The van der Waals surface area contributed by atoms with Crippen molar-refractivity contribution < 1.29 is 19.2 Å². The smallest absolute Gasteiger partial charge is 0.307 e. The van der Waals surface area contributed by atoms with E-state index in [-0.39, 0.29) is 30.5 Å². The van der Waals surface area contributed by atoms with Crippen LogP contribution in [0.25, 0.3) is 6.08 Å². The van der Waals surface area contributed by atoms with Crippen LogP contribution >= 0.6 is 0 Å². The van der Waals surface area contributed by atoms with Crippen LogP contribution in [-0.4, -0.2) is 66.4 Å². The third-order valence-corrected chi connectivity index (χ3v) is 4.23. The molecule has 0 atom stereocenters. The van der Waals surface area contributed by atoms with Crippen molar-refractivity contribution >= 4 is 23.6 Å². The van der Waals surface area contributed by atoms with Crippen molar-refractivity contribution in [2.45, 2.75) is 20.3 Å². The minimum absolute atomic E-state index is 0.00240. The number of amides is 1. The molecule has 8 nitrogen and oxygen atoms in total. The van der Waals surface area contributed by atoms with E-state index in [0.29, 0.717) is 18.7 Å². The summed E-state index contributed by atoms with van der Waals surface area (Å²) in [7, 11) is 1.32. The van der Waals surface area contributed by atoms with Crippen molar-refractivity contribution in [3.05, 3.63) is 46.0 Å². The predicted octanol–water partition coefficient (Wildman–Crippen LogP) is 2.34. The fourth-order valence-corrected chi connectivity index (χ4v) is 2.44. The van der Waals surface area contributed by atoms with Gasteiger partial charge in [-0.1, -0.05) is 13.8 Å². The highest BCUT2D eigenvalue weighted by atomic mass is 16.6. The van der Waals surface area contributed by atoms with Crippen molar-refractivity contribution in [3.8, 4) is 0 Å². The van der Waals surface area contributed by atoms with Crippen LogP contribution in [0.4, 0.5) is 5.69 Å². The van der Waals surface area contributed by atoms with E-state index in [0.717, 1.165) is 13.1 Å². The predicted molar refractivity (Wildman–Crippen MR) is 103 cm³/mol. The molecular formula is C19H27N3O5. The van der Waals surface area contributed by atoms with Crippen molar-refractivity contribution in [2.24, 2.45) is 0 Å². The third-order valence-electron chi connectivity index (χ3n) is 4.23. The van der Waals surface area contributed by atoms with E-state index in [1.54, 1.807) is 23.1 Å². The molecule has 8 heteroatoms. The fraction of sp³-hybridized carbons (Fsp3) is 0.474. The van der Waals surface area contributed by atoms with Gasteiger partial charge in [0.15, 0.2) is 0 Å². The lowest BCUT2D eigenvalue weighted by Gasteiger charge is -2.25. The van der Waals surface area contributed by atoms with E-state index in [1.165, 1.54) is 25.3 Å². The number of hydrogen-bond donors (Lipinski definition) is 0. The monoisotopic (exact) mass is 377 g/mol. The third kappa shape index (κ3) is 8.00. The zero-order valence-corrected chi connectivity index (χ0v) is 16.1. The molecule has 0 aliphatic carbocycles. The second-order valence-corrected chi connectivity index (χ2v) is 5.86. The molecule has 0 heterocycles. The van der Waals surface area contributed by atoms with Crippen molar-refractivity contribution in [3.63, 3.8) is 0 Å². The first-order chi connectivity index (χ1) is 12.9. The number of benzene rings is 1. The van der Waals surface area contributed by atoms with Crippen LogP contribution in [0.3, 0.4) is 0 Å². The van der Waals surface area contributed by atoms with Crippen LogP contribution < -0.4 is 0 Å². The number of nitro groups is 1. The standard InChI is InChI=1S/C19H27N3O5/c1-4-20(5-2)14-15-21(13-12-19(24)27-3)18(23)11-8-16-6-9-17(10-7-16)22(25)26/h6-11H,4-5,12-15H2,1-3H3/b11-8+. The maximum absolute atomic E-state index is 12.5. The Labute approximate surface area is 159 Å². The molecule has 148 valence electrons. The Morgan fingerprint density at radius 3 is 2.26 bits per heavy atom. The second-order valence-electron chi connectivity index (χ2n) is 5.86. The summed E-state index contributed by atoms with van der Waals surface area (Å²) >= 11 is 0. The number of nitro benzene ring substituents is 1. The van der Waals surface area contributed by atoms with E-state index in [4.69, 9.17) is 0 Å². The van der Waals surface area contributed by atoms with Crippen LogP contribution in [-0.2, 0) is 14.3 Å². The summed E-state index contributed by atoms with van der Waals surface area (Å²) in [6.07, 6.45) is 3.15. The Bertz CT molecular complexity index is 654. The van der Waals surface area contributed by atoms with E-state index >= 15 is 0 Å². The fourth-order valence-electron chi connectivity index (χ4n) is 2.44. The van der Waals surface area contributed by atoms with Gasteiger partial charge in [-0.25, -0.2) is 0 Å². The average molecular weight is 377 g/mol. The Morgan fingerprint density at radius 1 is 1.11 bits per heavy atom. The number of likely N-dealkylation sites (N-methyl/N-ethyl adjacent to an activating group) is 1. The van der Waals surface area contributed by atoms with Crippen LogP contribution in [0, 0.1) is 10.1 Å². The summed E-state index contributed by atoms with van der Waals surface area (Å²) in [5.41, 5.74) is 0.683. The Kier molecular flexibility index (Phi) is 9.74. The number of carbonyl (C=O) groups excluding carboxylic acids is 2. The number of rotatable bonds is 11. The first-order valence-electron chi connectivity index (χ1n) is 8.91. The number of non-ortho nitro benzene ring substituents is 1. The maximum atomic E-state index is 12.5. The van der Waals surface area contributed by atoms with Crippen molar-refractivity contribution in [1.82, 2.24) is 9.80 Å². The Balaban J connectivity index is 2.77. The average Bonchev–Trinajstić information content (AvgIpc) is 2.68. The van der Waals surface area contributed by atoms with Gasteiger partial charge in [0.2, 0.25) is 5.91 Å². The molecule has 0 unspecified atom stereocenters. The molecule has 0 aliphatic rings. The van der Waals surface area contributed by atoms with E-state index in [2.05, 4.69) is 23.5 Å². The van der Waals surface area contributed by atoms with Gasteiger partial charge < -0.3 is 14.5 Å². The zero-order valence-electron chi connectivity index (χ0n) is 16.1. The summed E-state index contributed by atoms with van der Waals surface area (Å²) < 4.78 is 4.65. The maximum Gasteiger partial charge on any atom is 0.307 e. The quantitative estimate of drug-likeness (QED) is 0.254. The summed E-state index contributed by atoms with van der Waals surface area (Å²) in [5.74, 6) is -0.584. The highest BCUT2D eigenvalue weighted by Crippen LogP contribution is 2.13. The van der Waals surface area contributed by atoms with E-state index in [9.17, 15) is 19.7 Å². The van der Waals surface area contributed by atoms with Crippen molar-refractivity contribution in [2.75, 3.05) is 39.8 Å². The van der Waals surface area contributed by atoms with Gasteiger partial charge in [-0.05, 0) is 36.9 Å². The Hall–Kier alpha value is -2.74. The van der Waals surface area contributed by atoms with Gasteiger partial charge in [0, 0.05) is 37.8 Å². The van der Waals surface area contributed by atoms with Crippen LogP contribution in [0.1, 0.15) is 25.8 Å². The van der Waals surface area contributed by atoms with Gasteiger partial charge in [0.1, 0.15) is 0 Å². The molecule has 0 saturated heterocycles. The lowest BCUT2D eigenvalue weighted by Crippen LogP contribution is -2.39. The molecule has 0 aliphatic heterocycles. The van der Waals surface area contributed by atoms with Crippen LogP contribution in [0.15, 0.2) is 30.3 Å². The molecule has 0 N–H and O–H groups in total. The molecule has 1 amide bonds. The van der Waals surface area contributed by atoms with E-state index < -0.39 is 4.92 Å². The number of esters is 1. The van der Waals surface area contributed by atoms with Crippen LogP contribution in [0.5, 0.6) is 0 Å². The summed E-state index contributed by atoms with van der Waals surface area (Å²) in [6.45, 7) is 7.37. The number of ether oxygens (including phenoxy) is 1. The van der Waals surface area contributed by atoms with Gasteiger partial charge in [-0.2, -0.15) is 0 Å². The van der Waals surface area contributed by atoms with Gasteiger partial charge in [0.25, 0.3) is 5.69 Å². The van der Waals surface area contributed by atoms with Gasteiger partial charge in [-0.15, -0.1) is 0 Å². The van der Waals surface area contributed by atoms with E-state index in [1.807, 2.05) is 0 Å². The zero-order chi connectivity index (χ0) is 20.2. The minimum Gasteiger partial charge on any atom is -0.469 e. The topological polar surface area (TPSA) is 93.0 Å². The summed E-state index contributed by atoms with van der Waals surface area (Å²) in [4.78, 5) is 38.0. The number of nitrogens with zero attached hydrogens (tertiary/aromatic N) is 3. The molecule has 1 aromatic rings. The van der Waals surface area contributed by atoms with Gasteiger partial charge in [0.05, 0.1) is 18.5 Å². The normalized spacial score (nSPS) is 11.0. The van der Waals surface area contributed by atoms with Crippen molar-refractivity contribution in [1.29, 1.82) is 0 Å². The second kappa shape index (κ2) is 11.8. The number of carbonyl (C=O) groups is 2. The minimum atomic E-state index is -0.472. The number of hydrogen-bond acceptors (Lipinski definition) is 6. The molecule has 0 bridgehead atoms. The lowest BCUT2D eigenvalue weighted by molar-refractivity contribution is -0.384. The molecular weight excluding hydrogens is 350 g/mol. The molecule has 0 fully saturated rings. The SMILES string of the molecule is CCN(CC)CCN(CCC(=O)OC)C(=O)/C=C/c1ccc([N+](=O)[O-])cc1. The molecule has 0 radical (unpaired) electrons. The largest absolute Gasteiger partial charge is 0.469 e. The van der Waals surface area contributed by atoms with Crippen LogP contribution in [0.2, 0.25) is 0 Å². The molecule has 1 rings (SSSR count). The van der Waals surface area contributed by atoms with Gasteiger partial charge in [-0.3, -0.25) is 19.7 Å². The molecule has 0 saturated carbocycles. The highest BCUT2D eigenvalue weighted by molar-refractivity contribution is 5.92. The highest BCUT2D eigenvalue weighted by Gasteiger charge is 2.14. The molecule has 0 spiro atoms.